The minimum atomic E-state index is 0.0596. The molecule has 1 fully saturated rings. The predicted molar refractivity (Wildman–Crippen MR) is 74.3 cm³/mol. The fourth-order valence-electron chi connectivity index (χ4n) is 2.84. The molecule has 16 heavy (non-hydrogen) atoms. The smallest absolute Gasteiger partial charge is 0.164 e. The van der Waals surface area contributed by atoms with Crippen LogP contribution in [0.3, 0.4) is 0 Å². The second-order valence-corrected chi connectivity index (χ2v) is 5.89. The van der Waals surface area contributed by atoms with Crippen LogP contribution in [0.4, 0.5) is 0 Å². The summed E-state index contributed by atoms with van der Waals surface area (Å²) in [5, 5.41) is 0. The number of rotatable bonds is 2. The van der Waals surface area contributed by atoms with Crippen LogP contribution in [0.1, 0.15) is 19.3 Å². The van der Waals surface area contributed by atoms with Crippen LogP contribution in [-0.4, -0.2) is 22.0 Å². The molecule has 0 aromatic rings. The number of halogens is 1. The SMILES string of the molecule is C=CC1=C(C=C)C2(CCN(I)CC2)CC1=O. The van der Waals surface area contributed by atoms with E-state index in [1.54, 1.807) is 6.08 Å². The number of Topliss-reactive ketones (excluding diaryl/α,β-unsaturated/α-hetero) is 1. The Labute approximate surface area is 111 Å². The molecule has 86 valence electrons. The Hall–Kier alpha value is -0.420. The molecule has 0 unspecified atom stereocenters. The Morgan fingerprint density at radius 3 is 2.38 bits per heavy atom. The lowest BCUT2D eigenvalue weighted by atomic mass is 9.73. The van der Waals surface area contributed by atoms with E-state index in [4.69, 9.17) is 0 Å². The Morgan fingerprint density at radius 1 is 1.25 bits per heavy atom. The maximum Gasteiger partial charge on any atom is 0.164 e. The van der Waals surface area contributed by atoms with Crippen molar-refractivity contribution < 1.29 is 4.79 Å². The number of carbonyl (C=O) groups is 1. The van der Waals surface area contributed by atoms with Crippen molar-refractivity contribution in [2.45, 2.75) is 19.3 Å². The van der Waals surface area contributed by atoms with Crippen molar-refractivity contribution >= 4 is 28.6 Å². The van der Waals surface area contributed by atoms with Gasteiger partial charge in [0.15, 0.2) is 5.78 Å². The van der Waals surface area contributed by atoms with Crippen molar-refractivity contribution in [1.82, 2.24) is 3.11 Å². The Balaban J connectivity index is 2.36. The van der Waals surface area contributed by atoms with Crippen molar-refractivity contribution in [3.8, 4) is 0 Å². The van der Waals surface area contributed by atoms with Crippen molar-refractivity contribution in [2.75, 3.05) is 13.1 Å². The number of hydrogen-bond donors (Lipinski definition) is 0. The molecule has 0 amide bonds. The molecule has 0 N–H and O–H groups in total. The third-order valence-electron chi connectivity index (χ3n) is 3.74. The van der Waals surface area contributed by atoms with Gasteiger partial charge in [0, 0.05) is 53.4 Å². The first-order valence-electron chi connectivity index (χ1n) is 5.56. The Kier molecular flexibility index (Phi) is 3.35. The molecule has 2 nitrogen and oxygen atoms in total. The van der Waals surface area contributed by atoms with Gasteiger partial charge in [-0.3, -0.25) is 4.79 Å². The molecule has 0 saturated carbocycles. The van der Waals surface area contributed by atoms with Gasteiger partial charge in [0.1, 0.15) is 0 Å². The highest BCUT2D eigenvalue weighted by Crippen LogP contribution is 2.49. The molecule has 0 aromatic heterocycles. The lowest BCUT2D eigenvalue weighted by Gasteiger charge is -2.37. The van der Waals surface area contributed by atoms with E-state index in [9.17, 15) is 4.79 Å². The lowest BCUT2D eigenvalue weighted by molar-refractivity contribution is -0.116. The molecule has 2 rings (SSSR count). The van der Waals surface area contributed by atoms with Gasteiger partial charge in [-0.1, -0.05) is 25.3 Å². The summed E-state index contributed by atoms with van der Waals surface area (Å²) >= 11 is 2.35. The molecule has 1 spiro atoms. The van der Waals surface area contributed by atoms with Crippen LogP contribution in [0.25, 0.3) is 0 Å². The highest BCUT2D eigenvalue weighted by Gasteiger charge is 2.44. The first-order valence-corrected chi connectivity index (χ1v) is 6.53. The number of piperidine rings is 1. The molecule has 2 aliphatic rings. The Morgan fingerprint density at radius 2 is 1.88 bits per heavy atom. The number of carbonyl (C=O) groups excluding carboxylic acids is 1. The van der Waals surface area contributed by atoms with E-state index in [1.165, 1.54) is 0 Å². The average molecular weight is 329 g/mol. The van der Waals surface area contributed by atoms with Crippen LogP contribution >= 0.6 is 22.9 Å². The fourth-order valence-corrected chi connectivity index (χ4v) is 3.32. The zero-order valence-electron chi connectivity index (χ0n) is 9.34. The standard InChI is InChI=1S/C13H16INO/c1-3-10-11(4-2)13(9-12(10)16)5-7-15(14)8-6-13/h3-4H,1-2,5-9H2. The molecule has 1 aliphatic carbocycles. The normalized spacial score (nSPS) is 25.2. The van der Waals surface area contributed by atoms with Gasteiger partial charge >= 0.3 is 0 Å². The van der Waals surface area contributed by atoms with E-state index in [2.05, 4.69) is 39.1 Å². The minimum Gasteiger partial charge on any atom is -0.294 e. The molecular weight excluding hydrogens is 313 g/mol. The summed E-state index contributed by atoms with van der Waals surface area (Å²) in [4.78, 5) is 11.9. The van der Waals surface area contributed by atoms with E-state index in [0.29, 0.717) is 6.42 Å². The van der Waals surface area contributed by atoms with Crippen molar-refractivity contribution in [2.24, 2.45) is 5.41 Å². The van der Waals surface area contributed by atoms with Gasteiger partial charge in [-0.05, 0) is 18.4 Å². The summed E-state index contributed by atoms with van der Waals surface area (Å²) in [5.41, 5.74) is 2.00. The minimum absolute atomic E-state index is 0.0596. The van der Waals surface area contributed by atoms with Gasteiger partial charge < -0.3 is 0 Å². The van der Waals surface area contributed by atoms with E-state index in [1.807, 2.05) is 6.08 Å². The summed E-state index contributed by atoms with van der Waals surface area (Å²) in [6, 6.07) is 0. The van der Waals surface area contributed by atoms with Crippen LogP contribution in [0, 0.1) is 5.41 Å². The maximum atomic E-state index is 11.9. The van der Waals surface area contributed by atoms with E-state index >= 15 is 0 Å². The molecule has 1 saturated heterocycles. The molecule has 0 bridgehead atoms. The van der Waals surface area contributed by atoms with Crippen LogP contribution in [0.5, 0.6) is 0 Å². The third-order valence-corrected chi connectivity index (χ3v) is 4.70. The molecule has 1 heterocycles. The largest absolute Gasteiger partial charge is 0.294 e. The maximum absolute atomic E-state index is 11.9. The average Bonchev–Trinajstić information content (AvgIpc) is 2.54. The zero-order chi connectivity index (χ0) is 11.8. The van der Waals surface area contributed by atoms with E-state index in [0.717, 1.165) is 37.1 Å². The fraction of sp³-hybridized carbons (Fsp3) is 0.462. The van der Waals surface area contributed by atoms with Crippen LogP contribution in [0.15, 0.2) is 36.5 Å². The van der Waals surface area contributed by atoms with E-state index < -0.39 is 0 Å². The van der Waals surface area contributed by atoms with Gasteiger partial charge in [0.05, 0.1) is 0 Å². The quantitative estimate of drug-likeness (QED) is 0.573. The topological polar surface area (TPSA) is 20.3 Å². The predicted octanol–water partition coefficient (Wildman–Crippen LogP) is 3.06. The molecule has 0 aromatic carbocycles. The van der Waals surface area contributed by atoms with Crippen molar-refractivity contribution in [3.05, 3.63) is 36.5 Å². The molecule has 0 radical (unpaired) electrons. The number of allylic oxidation sites excluding steroid dienone is 4. The van der Waals surface area contributed by atoms with Crippen LogP contribution in [0.2, 0.25) is 0 Å². The number of nitrogens with zero attached hydrogens (tertiary/aromatic N) is 1. The highest BCUT2D eigenvalue weighted by molar-refractivity contribution is 14.1. The first kappa shape index (κ1) is 12.0. The molecular formula is C13H16INO. The third kappa shape index (κ3) is 1.80. The van der Waals surface area contributed by atoms with Gasteiger partial charge in [-0.25, -0.2) is 3.11 Å². The lowest BCUT2D eigenvalue weighted by Crippen LogP contribution is -2.35. The van der Waals surface area contributed by atoms with Gasteiger partial charge in [-0.15, -0.1) is 0 Å². The summed E-state index contributed by atoms with van der Waals surface area (Å²) < 4.78 is 2.29. The summed E-state index contributed by atoms with van der Waals surface area (Å²) in [6.07, 6.45) is 6.33. The van der Waals surface area contributed by atoms with Crippen molar-refractivity contribution in [1.29, 1.82) is 0 Å². The second-order valence-electron chi connectivity index (χ2n) is 4.53. The Bertz CT molecular complexity index is 375. The summed E-state index contributed by atoms with van der Waals surface area (Å²) in [5.74, 6) is 0.242. The monoisotopic (exact) mass is 329 g/mol. The summed E-state index contributed by atoms with van der Waals surface area (Å²) in [7, 11) is 0. The molecule has 3 heteroatoms. The number of ketones is 1. The van der Waals surface area contributed by atoms with Gasteiger partial charge in [0.2, 0.25) is 0 Å². The van der Waals surface area contributed by atoms with Crippen molar-refractivity contribution in [3.63, 3.8) is 0 Å². The van der Waals surface area contributed by atoms with Gasteiger partial charge in [-0.2, -0.15) is 0 Å². The molecule has 1 aliphatic heterocycles. The molecule has 0 atom stereocenters. The van der Waals surface area contributed by atoms with Crippen LogP contribution < -0.4 is 0 Å². The van der Waals surface area contributed by atoms with Gasteiger partial charge in [0.25, 0.3) is 0 Å². The second kappa shape index (κ2) is 4.45. The highest BCUT2D eigenvalue weighted by atomic mass is 127. The van der Waals surface area contributed by atoms with E-state index in [-0.39, 0.29) is 11.2 Å². The first-order chi connectivity index (χ1) is 7.63. The van der Waals surface area contributed by atoms with Crippen LogP contribution in [-0.2, 0) is 4.79 Å². The number of hydrogen-bond acceptors (Lipinski definition) is 2. The zero-order valence-corrected chi connectivity index (χ0v) is 11.5. The summed E-state index contributed by atoms with van der Waals surface area (Å²) in [6.45, 7) is 9.72.